The van der Waals surface area contributed by atoms with E-state index in [1.807, 2.05) is 20.2 Å². The topological polar surface area (TPSA) is 46.9 Å². The molecular weight excluding hydrogens is 294 g/mol. The predicted octanol–water partition coefficient (Wildman–Crippen LogP) is 2.88. The van der Waals surface area contributed by atoms with Crippen molar-refractivity contribution in [3.05, 3.63) is 47.3 Å². The molecular formula is C17H21N3OS. The van der Waals surface area contributed by atoms with Crippen molar-refractivity contribution in [2.24, 2.45) is 7.05 Å². The zero-order valence-corrected chi connectivity index (χ0v) is 13.8. The summed E-state index contributed by atoms with van der Waals surface area (Å²) in [7, 11) is 1.88. The van der Waals surface area contributed by atoms with Crippen LogP contribution < -0.4 is 5.32 Å². The fraction of sp³-hybridized carbons (Fsp3) is 0.412. The lowest BCUT2D eigenvalue weighted by Crippen LogP contribution is -2.27. The van der Waals surface area contributed by atoms with E-state index < -0.39 is 0 Å². The molecule has 0 saturated heterocycles. The van der Waals surface area contributed by atoms with Gasteiger partial charge in [0.1, 0.15) is 0 Å². The first-order valence-electron chi connectivity index (χ1n) is 7.64. The van der Waals surface area contributed by atoms with Crippen molar-refractivity contribution in [2.45, 2.75) is 37.1 Å². The highest BCUT2D eigenvalue weighted by Gasteiger charge is 2.13. The van der Waals surface area contributed by atoms with Gasteiger partial charge in [0.2, 0.25) is 5.91 Å². The fourth-order valence-corrected chi connectivity index (χ4v) is 3.59. The average molecular weight is 315 g/mol. The minimum atomic E-state index is -0.0122. The second kappa shape index (κ2) is 6.57. The Morgan fingerprint density at radius 2 is 2.23 bits per heavy atom. The van der Waals surface area contributed by atoms with E-state index in [4.69, 9.17) is 0 Å². The summed E-state index contributed by atoms with van der Waals surface area (Å²) >= 11 is 1.60. The minimum Gasteiger partial charge on any atom is -0.349 e. The Bertz CT molecular complexity index is 680. The smallest absolute Gasteiger partial charge is 0.230 e. The van der Waals surface area contributed by atoms with Crippen LogP contribution in [0.2, 0.25) is 0 Å². The summed E-state index contributed by atoms with van der Waals surface area (Å²) in [6.07, 6.45) is 7.35. The number of thioether (sulfide) groups is 1. The molecule has 1 N–H and O–H groups in total. The number of aryl methyl sites for hydroxylation is 3. The highest BCUT2D eigenvalue weighted by Crippen LogP contribution is 2.27. The van der Waals surface area contributed by atoms with Crippen LogP contribution in [0.1, 0.15) is 36.1 Å². The molecule has 116 valence electrons. The zero-order chi connectivity index (χ0) is 15.5. The SMILES string of the molecule is CC(NC(=O)CSc1ccc2c(c1)CCC2)c1cnn(C)c1. The average Bonchev–Trinajstić information content (AvgIpc) is 3.13. The zero-order valence-electron chi connectivity index (χ0n) is 13.0. The Labute approximate surface area is 135 Å². The molecule has 5 heteroatoms. The van der Waals surface area contributed by atoms with Gasteiger partial charge in [-0.2, -0.15) is 5.10 Å². The molecule has 1 aromatic carbocycles. The molecule has 0 saturated carbocycles. The van der Waals surface area contributed by atoms with E-state index in [2.05, 4.69) is 28.6 Å². The van der Waals surface area contributed by atoms with Gasteiger partial charge in [-0.3, -0.25) is 9.48 Å². The van der Waals surface area contributed by atoms with Crippen molar-refractivity contribution in [3.8, 4) is 0 Å². The molecule has 1 aliphatic rings. The minimum absolute atomic E-state index is 0.0122. The molecule has 2 aromatic rings. The molecule has 1 atom stereocenters. The maximum Gasteiger partial charge on any atom is 0.230 e. The lowest BCUT2D eigenvalue weighted by atomic mass is 10.1. The lowest BCUT2D eigenvalue weighted by Gasteiger charge is -2.12. The molecule has 0 bridgehead atoms. The molecule has 1 heterocycles. The third-order valence-electron chi connectivity index (χ3n) is 4.04. The van der Waals surface area contributed by atoms with Gasteiger partial charge < -0.3 is 5.32 Å². The third kappa shape index (κ3) is 3.53. The van der Waals surface area contributed by atoms with Crippen LogP contribution in [-0.4, -0.2) is 21.4 Å². The van der Waals surface area contributed by atoms with E-state index in [1.54, 1.807) is 22.6 Å². The van der Waals surface area contributed by atoms with Gasteiger partial charge >= 0.3 is 0 Å². The number of fused-ring (bicyclic) bond motifs is 1. The first-order valence-corrected chi connectivity index (χ1v) is 8.63. The molecule has 0 fully saturated rings. The monoisotopic (exact) mass is 315 g/mol. The summed E-state index contributed by atoms with van der Waals surface area (Å²) < 4.78 is 1.75. The summed E-state index contributed by atoms with van der Waals surface area (Å²) in [5.41, 5.74) is 3.95. The fourth-order valence-electron chi connectivity index (χ4n) is 2.82. The van der Waals surface area contributed by atoms with Crippen LogP contribution in [0.5, 0.6) is 0 Å². The summed E-state index contributed by atoms with van der Waals surface area (Å²) in [6, 6.07) is 6.57. The van der Waals surface area contributed by atoms with Crippen molar-refractivity contribution in [3.63, 3.8) is 0 Å². The van der Waals surface area contributed by atoms with Gasteiger partial charge in [-0.25, -0.2) is 0 Å². The number of carbonyl (C=O) groups excluding carboxylic acids is 1. The number of rotatable bonds is 5. The molecule has 1 amide bonds. The highest BCUT2D eigenvalue weighted by atomic mass is 32.2. The van der Waals surface area contributed by atoms with Crippen molar-refractivity contribution < 1.29 is 4.79 Å². The number of hydrogen-bond acceptors (Lipinski definition) is 3. The van der Waals surface area contributed by atoms with Gasteiger partial charge in [0.15, 0.2) is 0 Å². The highest BCUT2D eigenvalue weighted by molar-refractivity contribution is 8.00. The van der Waals surface area contributed by atoms with Crippen LogP contribution in [0, 0.1) is 0 Å². The maximum atomic E-state index is 12.1. The van der Waals surface area contributed by atoms with E-state index >= 15 is 0 Å². The van der Waals surface area contributed by atoms with E-state index in [0.717, 1.165) is 5.56 Å². The van der Waals surface area contributed by atoms with Crippen LogP contribution in [0.15, 0.2) is 35.5 Å². The molecule has 4 nitrogen and oxygen atoms in total. The molecule has 0 aliphatic heterocycles. The van der Waals surface area contributed by atoms with Gasteiger partial charge in [0.25, 0.3) is 0 Å². The van der Waals surface area contributed by atoms with Gasteiger partial charge in [-0.15, -0.1) is 11.8 Å². The number of nitrogens with one attached hydrogen (secondary N) is 1. The van der Waals surface area contributed by atoms with Gasteiger partial charge in [-0.05, 0) is 49.4 Å². The standard InChI is InChI=1S/C17H21N3OS/c1-12(15-9-18-20(2)10-15)19-17(21)11-22-16-7-6-13-4-3-5-14(13)8-16/h6-10,12H,3-5,11H2,1-2H3,(H,19,21). The summed E-state index contributed by atoms with van der Waals surface area (Å²) in [5, 5.41) is 7.15. The van der Waals surface area contributed by atoms with Gasteiger partial charge in [-0.1, -0.05) is 6.07 Å². The molecule has 3 rings (SSSR count). The normalized spacial score (nSPS) is 14.6. The number of aromatic nitrogens is 2. The quantitative estimate of drug-likeness (QED) is 0.863. The van der Waals surface area contributed by atoms with Crippen LogP contribution in [0.4, 0.5) is 0 Å². The molecule has 1 unspecified atom stereocenters. The van der Waals surface area contributed by atoms with Crippen molar-refractivity contribution in [2.75, 3.05) is 5.75 Å². The number of carbonyl (C=O) groups is 1. The van der Waals surface area contributed by atoms with Crippen LogP contribution in [0.3, 0.4) is 0 Å². The first kappa shape index (κ1) is 15.2. The van der Waals surface area contributed by atoms with Crippen molar-refractivity contribution in [1.29, 1.82) is 0 Å². The Kier molecular flexibility index (Phi) is 4.52. The number of hydrogen-bond donors (Lipinski definition) is 1. The second-order valence-electron chi connectivity index (χ2n) is 5.81. The molecule has 22 heavy (non-hydrogen) atoms. The first-order chi connectivity index (χ1) is 10.6. The third-order valence-corrected chi connectivity index (χ3v) is 5.04. The van der Waals surface area contributed by atoms with E-state index in [9.17, 15) is 4.79 Å². The lowest BCUT2D eigenvalue weighted by molar-refractivity contribution is -0.119. The Morgan fingerprint density at radius 3 is 3.00 bits per heavy atom. The van der Waals surface area contributed by atoms with Crippen LogP contribution >= 0.6 is 11.8 Å². The van der Waals surface area contributed by atoms with Crippen LogP contribution in [-0.2, 0) is 24.7 Å². The summed E-state index contributed by atoms with van der Waals surface area (Å²) in [4.78, 5) is 13.3. The Balaban J connectivity index is 1.52. The number of nitrogens with zero attached hydrogens (tertiary/aromatic N) is 2. The Morgan fingerprint density at radius 1 is 1.41 bits per heavy atom. The van der Waals surface area contributed by atoms with E-state index in [0.29, 0.717) is 5.75 Å². The predicted molar refractivity (Wildman–Crippen MR) is 89.0 cm³/mol. The molecule has 0 radical (unpaired) electrons. The number of amides is 1. The van der Waals surface area contributed by atoms with E-state index in [-0.39, 0.29) is 11.9 Å². The summed E-state index contributed by atoms with van der Waals surface area (Å²) in [5.74, 6) is 0.505. The molecule has 1 aromatic heterocycles. The van der Waals surface area contributed by atoms with Crippen LogP contribution in [0.25, 0.3) is 0 Å². The maximum absolute atomic E-state index is 12.1. The largest absolute Gasteiger partial charge is 0.349 e. The van der Waals surface area contributed by atoms with Crippen molar-refractivity contribution in [1.82, 2.24) is 15.1 Å². The van der Waals surface area contributed by atoms with Crippen molar-refractivity contribution >= 4 is 17.7 Å². The molecule has 0 spiro atoms. The Hall–Kier alpha value is -1.75. The second-order valence-corrected chi connectivity index (χ2v) is 6.86. The summed E-state index contributed by atoms with van der Waals surface area (Å²) in [6.45, 7) is 1.98. The molecule has 1 aliphatic carbocycles. The van der Waals surface area contributed by atoms with Gasteiger partial charge in [0, 0.05) is 23.7 Å². The number of benzene rings is 1. The van der Waals surface area contributed by atoms with Gasteiger partial charge in [0.05, 0.1) is 18.0 Å². The van der Waals surface area contributed by atoms with E-state index in [1.165, 1.54) is 35.3 Å².